The maximum absolute atomic E-state index is 13.7. The summed E-state index contributed by atoms with van der Waals surface area (Å²) in [7, 11) is 0. The van der Waals surface area contributed by atoms with E-state index in [0.717, 1.165) is 11.3 Å². The lowest BCUT2D eigenvalue weighted by atomic mass is 10.1. The van der Waals surface area contributed by atoms with Crippen molar-refractivity contribution in [2.24, 2.45) is 5.84 Å². The van der Waals surface area contributed by atoms with Crippen molar-refractivity contribution < 1.29 is 9.13 Å². The lowest BCUT2D eigenvalue weighted by Gasteiger charge is -2.18. The number of ether oxygens (including phenoxy) is 1. The van der Waals surface area contributed by atoms with Crippen molar-refractivity contribution in [3.63, 3.8) is 0 Å². The first-order valence-corrected chi connectivity index (χ1v) is 5.75. The van der Waals surface area contributed by atoms with E-state index in [1.807, 2.05) is 6.92 Å². The molecule has 0 bridgehead atoms. The normalized spacial score (nSPS) is 14.2. The summed E-state index contributed by atoms with van der Waals surface area (Å²) in [6, 6.07) is 5.32. The van der Waals surface area contributed by atoms with Gasteiger partial charge < -0.3 is 10.2 Å². The van der Waals surface area contributed by atoms with E-state index >= 15 is 0 Å². The molecule has 0 aliphatic heterocycles. The fraction of sp³-hybridized carbons (Fsp3) is 0.286. The third-order valence-corrected chi connectivity index (χ3v) is 2.55. The van der Waals surface area contributed by atoms with Gasteiger partial charge in [0.15, 0.2) is 12.3 Å². The lowest BCUT2D eigenvalue weighted by molar-refractivity contribution is 0.166. The zero-order chi connectivity index (χ0) is 13.5. The molecule has 0 spiro atoms. The molecule has 2 atom stereocenters. The lowest BCUT2D eigenvalue weighted by Crippen LogP contribution is -2.24. The van der Waals surface area contributed by atoms with Crippen LogP contribution < -0.4 is 16.0 Å². The van der Waals surface area contributed by atoms with E-state index < -0.39 is 12.3 Å². The van der Waals surface area contributed by atoms with Gasteiger partial charge in [-0.15, -0.1) is 0 Å². The Morgan fingerprint density at radius 1 is 1.50 bits per heavy atom. The smallest absolute Gasteiger partial charge is 0.159 e. The molecule has 0 aliphatic rings. The van der Waals surface area contributed by atoms with E-state index in [1.165, 1.54) is 12.2 Å². The Hall–Kier alpha value is -1.81. The monoisotopic (exact) mass is 250 g/mol. The first kappa shape index (κ1) is 14.3. The molecule has 3 nitrogen and oxygen atoms in total. The molecule has 18 heavy (non-hydrogen) atoms. The third kappa shape index (κ3) is 3.60. The number of benzene rings is 1. The van der Waals surface area contributed by atoms with Crippen molar-refractivity contribution in [2.45, 2.75) is 26.1 Å². The summed E-state index contributed by atoms with van der Waals surface area (Å²) in [5, 5.41) is 0. The predicted molar refractivity (Wildman–Crippen MR) is 73.3 cm³/mol. The molecule has 1 rings (SSSR count). The Morgan fingerprint density at radius 2 is 2.22 bits per heavy atom. The molecule has 0 radical (unpaired) electrons. The molecule has 2 unspecified atom stereocenters. The number of alkyl halides is 1. The molecule has 0 saturated heterocycles. The summed E-state index contributed by atoms with van der Waals surface area (Å²) in [5.74, 6) is 5.93. The quantitative estimate of drug-likeness (QED) is 0.463. The molecular formula is C14H19FN2O. The van der Waals surface area contributed by atoms with Crippen LogP contribution in [0.4, 0.5) is 10.1 Å². The van der Waals surface area contributed by atoms with Gasteiger partial charge in [-0.05, 0) is 43.7 Å². The summed E-state index contributed by atoms with van der Waals surface area (Å²) < 4.78 is 19.2. The van der Waals surface area contributed by atoms with E-state index in [4.69, 9.17) is 10.6 Å². The third-order valence-electron chi connectivity index (χ3n) is 2.55. The number of hydrogen-bond donors (Lipinski definition) is 2. The van der Waals surface area contributed by atoms with Gasteiger partial charge >= 0.3 is 0 Å². The van der Waals surface area contributed by atoms with E-state index in [9.17, 15) is 4.39 Å². The van der Waals surface area contributed by atoms with Crippen molar-refractivity contribution in [3.8, 4) is 5.75 Å². The highest BCUT2D eigenvalue weighted by atomic mass is 19.1. The molecule has 1 aromatic carbocycles. The maximum Gasteiger partial charge on any atom is 0.159 e. The minimum Gasteiger partial charge on any atom is -0.483 e. The molecule has 4 heteroatoms. The van der Waals surface area contributed by atoms with Crippen LogP contribution in [0.3, 0.4) is 0 Å². The maximum atomic E-state index is 13.7. The highest BCUT2D eigenvalue weighted by molar-refractivity contribution is 5.52. The Bertz CT molecular complexity index is 432. The number of anilines is 1. The predicted octanol–water partition coefficient (Wildman–Crippen LogP) is 3.13. The summed E-state index contributed by atoms with van der Waals surface area (Å²) in [6.45, 7) is 7.24. The average Bonchev–Trinajstić information content (AvgIpc) is 2.36. The SMILES string of the molecule is C=CC(Oc1ccc(NN)c(C)c1)C(F)/C=C\C. The van der Waals surface area contributed by atoms with Crippen LogP contribution in [-0.2, 0) is 0 Å². The van der Waals surface area contributed by atoms with Crippen molar-refractivity contribution >= 4 is 5.69 Å². The van der Waals surface area contributed by atoms with E-state index in [0.29, 0.717) is 5.75 Å². The van der Waals surface area contributed by atoms with E-state index in [-0.39, 0.29) is 0 Å². The van der Waals surface area contributed by atoms with Gasteiger partial charge in [0.25, 0.3) is 0 Å². The average molecular weight is 250 g/mol. The largest absolute Gasteiger partial charge is 0.483 e. The zero-order valence-electron chi connectivity index (χ0n) is 10.7. The molecule has 0 aromatic heterocycles. The number of aryl methyl sites for hydroxylation is 1. The van der Waals surface area contributed by atoms with E-state index in [1.54, 1.807) is 31.2 Å². The van der Waals surface area contributed by atoms with Crippen LogP contribution in [-0.4, -0.2) is 12.3 Å². The first-order valence-electron chi connectivity index (χ1n) is 5.75. The Labute approximate surface area is 107 Å². The van der Waals surface area contributed by atoms with Crippen molar-refractivity contribution in [3.05, 3.63) is 48.6 Å². The van der Waals surface area contributed by atoms with Gasteiger partial charge in [0.1, 0.15) is 5.75 Å². The van der Waals surface area contributed by atoms with Crippen LogP contribution in [0.15, 0.2) is 43.0 Å². The Morgan fingerprint density at radius 3 is 2.72 bits per heavy atom. The van der Waals surface area contributed by atoms with Gasteiger partial charge in [0.05, 0.1) is 5.69 Å². The Kier molecular flexibility index (Phi) is 5.39. The van der Waals surface area contributed by atoms with Gasteiger partial charge in [-0.3, -0.25) is 5.84 Å². The summed E-state index contributed by atoms with van der Waals surface area (Å²) in [4.78, 5) is 0. The first-order chi connectivity index (χ1) is 8.62. The number of hydrogen-bond acceptors (Lipinski definition) is 3. The van der Waals surface area contributed by atoms with Crippen LogP contribution in [0.2, 0.25) is 0 Å². The molecule has 0 aliphatic carbocycles. The van der Waals surface area contributed by atoms with Crippen molar-refractivity contribution in [1.82, 2.24) is 0 Å². The molecule has 0 fully saturated rings. The molecule has 1 aromatic rings. The van der Waals surface area contributed by atoms with Gasteiger partial charge in [-0.2, -0.15) is 0 Å². The van der Waals surface area contributed by atoms with Crippen LogP contribution in [0.25, 0.3) is 0 Å². The summed E-state index contributed by atoms with van der Waals surface area (Å²) in [5.41, 5.74) is 4.31. The molecular weight excluding hydrogens is 231 g/mol. The number of rotatable bonds is 6. The number of nitrogen functional groups attached to an aromatic ring is 1. The van der Waals surface area contributed by atoms with Crippen molar-refractivity contribution in [1.29, 1.82) is 0 Å². The van der Waals surface area contributed by atoms with E-state index in [2.05, 4.69) is 12.0 Å². The van der Waals surface area contributed by atoms with Gasteiger partial charge in [0, 0.05) is 0 Å². The fourth-order valence-electron chi connectivity index (χ4n) is 1.57. The second-order valence-electron chi connectivity index (χ2n) is 3.91. The number of nitrogens with one attached hydrogen (secondary N) is 1. The minimum absolute atomic E-state index is 0.587. The number of allylic oxidation sites excluding steroid dienone is 1. The zero-order valence-corrected chi connectivity index (χ0v) is 10.7. The molecule has 98 valence electrons. The highest BCUT2D eigenvalue weighted by Gasteiger charge is 2.16. The molecule has 0 amide bonds. The van der Waals surface area contributed by atoms with Crippen molar-refractivity contribution in [2.75, 3.05) is 5.43 Å². The molecule has 3 N–H and O–H groups in total. The summed E-state index contributed by atoms with van der Waals surface area (Å²) in [6.07, 6.45) is 2.64. The summed E-state index contributed by atoms with van der Waals surface area (Å²) >= 11 is 0. The van der Waals surface area contributed by atoms with Gasteiger partial charge in [-0.1, -0.05) is 18.7 Å². The van der Waals surface area contributed by atoms with Crippen LogP contribution in [0.1, 0.15) is 12.5 Å². The number of nitrogens with two attached hydrogens (primary N) is 1. The molecule has 0 heterocycles. The fourth-order valence-corrected chi connectivity index (χ4v) is 1.57. The van der Waals surface area contributed by atoms with Crippen LogP contribution in [0, 0.1) is 6.92 Å². The number of hydrazine groups is 1. The van der Waals surface area contributed by atoms with Crippen LogP contribution >= 0.6 is 0 Å². The topological polar surface area (TPSA) is 47.3 Å². The Balaban J connectivity index is 2.82. The highest BCUT2D eigenvalue weighted by Crippen LogP contribution is 2.22. The van der Waals surface area contributed by atoms with Gasteiger partial charge in [-0.25, -0.2) is 4.39 Å². The number of halogens is 1. The minimum atomic E-state index is -1.21. The van der Waals surface area contributed by atoms with Gasteiger partial charge in [0.2, 0.25) is 0 Å². The molecule has 0 saturated carbocycles. The van der Waals surface area contributed by atoms with Crippen LogP contribution in [0.5, 0.6) is 5.75 Å². The standard InChI is InChI=1S/C14H19FN2O/c1-4-6-12(15)14(5-2)18-11-7-8-13(17-16)10(3)9-11/h4-9,12,14,17H,2,16H2,1,3H3/b6-4-. The second-order valence-corrected chi connectivity index (χ2v) is 3.91. The second kappa shape index (κ2) is 6.81.